The number of ether oxygens (including phenoxy) is 5. The molecule has 7 nitrogen and oxygen atoms in total. The summed E-state index contributed by atoms with van der Waals surface area (Å²) in [6.45, 7) is 1.92. The standard InChI is InChI=1S/C36H36N2O5/c1-37-13-11-23-18-31-32-20-26(23)27(37)16-22-7-10-29(39-3)30(17-22)41-25-8-5-21(6-9-25)15-28-34-24(12-14-38(28)2)19-33(40-4)35(42-31)36(34)43-32/h5-10,17-20,27-28H,11-16H2,1-4H3/t27?,28-/m1/s1. The lowest BCUT2D eigenvalue weighted by atomic mass is 9.86. The second kappa shape index (κ2) is 10.2. The van der Waals surface area contributed by atoms with E-state index in [0.29, 0.717) is 5.75 Å². The quantitative estimate of drug-likeness (QED) is 0.219. The van der Waals surface area contributed by atoms with Gasteiger partial charge in [0, 0.05) is 30.7 Å². The smallest absolute Gasteiger partial charge is 0.212 e. The van der Waals surface area contributed by atoms with Gasteiger partial charge in [-0.1, -0.05) is 18.2 Å². The van der Waals surface area contributed by atoms with Gasteiger partial charge in [0.25, 0.3) is 0 Å². The molecule has 0 fully saturated rings. The zero-order valence-corrected chi connectivity index (χ0v) is 25.1. The Kier molecular flexibility index (Phi) is 6.28. The molecule has 9 rings (SSSR count). The van der Waals surface area contributed by atoms with E-state index >= 15 is 0 Å². The van der Waals surface area contributed by atoms with Crippen LogP contribution in [0.1, 0.15) is 45.5 Å². The molecule has 7 bridgehead atoms. The molecule has 0 aliphatic carbocycles. The van der Waals surface area contributed by atoms with Crippen LogP contribution >= 0.6 is 0 Å². The predicted octanol–water partition coefficient (Wildman–Crippen LogP) is 7.25. The molecule has 0 amide bonds. The first-order valence-electron chi connectivity index (χ1n) is 15.1. The number of fused-ring (bicyclic) bond motifs is 2. The Morgan fingerprint density at radius 3 is 2.09 bits per heavy atom. The Balaban J connectivity index is 1.33. The Labute approximate surface area is 252 Å². The van der Waals surface area contributed by atoms with Crippen molar-refractivity contribution < 1.29 is 23.7 Å². The molecule has 2 atom stereocenters. The second-order valence-electron chi connectivity index (χ2n) is 12.1. The van der Waals surface area contributed by atoms with Crippen LogP contribution in [0.15, 0.2) is 60.7 Å². The maximum atomic E-state index is 6.91. The van der Waals surface area contributed by atoms with E-state index < -0.39 is 0 Å². The van der Waals surface area contributed by atoms with Crippen LogP contribution in [-0.4, -0.2) is 51.2 Å². The summed E-state index contributed by atoms with van der Waals surface area (Å²) >= 11 is 0. The van der Waals surface area contributed by atoms with Gasteiger partial charge in [-0.05, 0) is 110 Å². The summed E-state index contributed by atoms with van der Waals surface area (Å²) in [5, 5.41) is 0. The average molecular weight is 577 g/mol. The van der Waals surface area contributed by atoms with Crippen molar-refractivity contribution in [2.24, 2.45) is 0 Å². The molecule has 0 saturated heterocycles. The topological polar surface area (TPSA) is 52.6 Å². The van der Waals surface area contributed by atoms with Gasteiger partial charge >= 0.3 is 0 Å². The van der Waals surface area contributed by atoms with Crippen molar-refractivity contribution in [3.8, 4) is 46.0 Å². The molecule has 1 unspecified atom stereocenters. The highest BCUT2D eigenvalue weighted by Crippen LogP contribution is 2.56. The molecule has 0 radical (unpaired) electrons. The van der Waals surface area contributed by atoms with Crippen molar-refractivity contribution in [3.63, 3.8) is 0 Å². The Morgan fingerprint density at radius 2 is 1.30 bits per heavy atom. The zero-order valence-electron chi connectivity index (χ0n) is 25.1. The van der Waals surface area contributed by atoms with E-state index in [9.17, 15) is 0 Å². The average Bonchev–Trinajstić information content (AvgIpc) is 3.02. The van der Waals surface area contributed by atoms with Crippen LogP contribution in [0, 0.1) is 0 Å². The van der Waals surface area contributed by atoms with Crippen molar-refractivity contribution in [3.05, 3.63) is 94.0 Å². The van der Waals surface area contributed by atoms with Crippen LogP contribution < -0.4 is 23.7 Å². The minimum absolute atomic E-state index is 0.118. The molecule has 5 aliphatic heterocycles. The largest absolute Gasteiger partial charge is 0.493 e. The summed E-state index contributed by atoms with van der Waals surface area (Å²) in [4.78, 5) is 4.86. The third-order valence-electron chi connectivity index (χ3n) is 9.64. The number of hydrogen-bond acceptors (Lipinski definition) is 7. The maximum absolute atomic E-state index is 6.91. The Hall–Kier alpha value is -4.20. The van der Waals surface area contributed by atoms with Crippen LogP contribution in [-0.2, 0) is 25.7 Å². The molecule has 0 saturated carbocycles. The lowest BCUT2D eigenvalue weighted by Gasteiger charge is -2.39. The van der Waals surface area contributed by atoms with Crippen molar-refractivity contribution >= 4 is 0 Å². The number of likely N-dealkylation sites (N-methyl/N-ethyl adjacent to an activating group) is 2. The minimum atomic E-state index is 0.118. The molecule has 5 heterocycles. The number of hydrogen-bond donors (Lipinski definition) is 0. The van der Waals surface area contributed by atoms with Crippen molar-refractivity contribution in [1.29, 1.82) is 0 Å². The van der Waals surface area contributed by atoms with E-state index in [1.807, 2.05) is 6.07 Å². The Morgan fingerprint density at radius 1 is 0.628 bits per heavy atom. The second-order valence-corrected chi connectivity index (χ2v) is 12.1. The predicted molar refractivity (Wildman–Crippen MR) is 165 cm³/mol. The van der Waals surface area contributed by atoms with Crippen LogP contribution in [0.5, 0.6) is 46.0 Å². The van der Waals surface area contributed by atoms with Crippen molar-refractivity contribution in [2.45, 2.75) is 37.8 Å². The van der Waals surface area contributed by atoms with Gasteiger partial charge in [-0.2, -0.15) is 0 Å². The summed E-state index contributed by atoms with van der Waals surface area (Å²) < 4.78 is 31.6. The molecule has 0 N–H and O–H groups in total. The molecular weight excluding hydrogens is 540 g/mol. The van der Waals surface area contributed by atoms with Crippen LogP contribution in [0.2, 0.25) is 0 Å². The normalized spacial score (nSPS) is 20.4. The highest BCUT2D eigenvalue weighted by molar-refractivity contribution is 5.67. The molecular formula is C36H36N2O5. The summed E-state index contributed by atoms with van der Waals surface area (Å²) in [6, 6.07) is 21.5. The van der Waals surface area contributed by atoms with E-state index in [2.05, 4.69) is 78.5 Å². The minimum Gasteiger partial charge on any atom is -0.493 e. The molecule has 4 aromatic carbocycles. The van der Waals surface area contributed by atoms with Gasteiger partial charge < -0.3 is 23.7 Å². The first-order chi connectivity index (χ1) is 21.0. The first kappa shape index (κ1) is 26.4. The zero-order chi connectivity index (χ0) is 29.2. The highest BCUT2D eigenvalue weighted by Gasteiger charge is 2.37. The maximum Gasteiger partial charge on any atom is 0.212 e. The lowest BCUT2D eigenvalue weighted by molar-refractivity contribution is 0.218. The molecule has 0 aromatic heterocycles. The van der Waals surface area contributed by atoms with Gasteiger partial charge in [0.15, 0.2) is 34.5 Å². The molecule has 5 aliphatic rings. The van der Waals surface area contributed by atoms with E-state index in [1.54, 1.807) is 14.2 Å². The first-order valence-corrected chi connectivity index (χ1v) is 15.1. The third-order valence-corrected chi connectivity index (χ3v) is 9.64. The summed E-state index contributed by atoms with van der Waals surface area (Å²) in [5.41, 5.74) is 7.41. The van der Waals surface area contributed by atoms with Crippen LogP contribution in [0.4, 0.5) is 0 Å². The van der Waals surface area contributed by atoms with Crippen LogP contribution in [0.3, 0.4) is 0 Å². The molecule has 4 aromatic rings. The summed E-state index contributed by atoms with van der Waals surface area (Å²) in [7, 11) is 7.80. The SMILES string of the molecule is COc1ccc2cc1Oc1ccc(cc1)C[C@@H]1c3c(cc(OC)c4c3Oc3cc5c(cc3O4)CCN(C)C5C2)CCN1C. The molecule has 220 valence electrons. The number of benzene rings is 4. The number of rotatable bonds is 2. The van der Waals surface area contributed by atoms with E-state index in [0.717, 1.165) is 79.0 Å². The Bertz CT molecular complexity index is 1730. The molecule has 0 spiro atoms. The fourth-order valence-electron chi connectivity index (χ4n) is 7.21. The van der Waals surface area contributed by atoms with Crippen molar-refractivity contribution in [2.75, 3.05) is 41.4 Å². The number of methoxy groups -OCH3 is 2. The summed E-state index contributed by atoms with van der Waals surface area (Å²) in [6.07, 6.45) is 3.53. The van der Waals surface area contributed by atoms with E-state index in [4.69, 9.17) is 23.7 Å². The van der Waals surface area contributed by atoms with Gasteiger partial charge in [0.2, 0.25) is 5.75 Å². The monoisotopic (exact) mass is 576 g/mol. The van der Waals surface area contributed by atoms with Crippen molar-refractivity contribution in [1.82, 2.24) is 9.80 Å². The van der Waals surface area contributed by atoms with Gasteiger partial charge in [-0.15, -0.1) is 0 Å². The highest BCUT2D eigenvalue weighted by atomic mass is 16.6. The molecule has 43 heavy (non-hydrogen) atoms. The van der Waals surface area contributed by atoms with E-state index in [-0.39, 0.29) is 12.1 Å². The number of nitrogens with zero attached hydrogens (tertiary/aromatic N) is 2. The van der Waals surface area contributed by atoms with Gasteiger partial charge in [0.1, 0.15) is 5.75 Å². The third kappa shape index (κ3) is 4.41. The van der Waals surface area contributed by atoms with Gasteiger partial charge in [-0.25, -0.2) is 0 Å². The van der Waals surface area contributed by atoms with Crippen LogP contribution in [0.25, 0.3) is 0 Å². The fourth-order valence-corrected chi connectivity index (χ4v) is 7.21. The fraction of sp³-hybridized carbons (Fsp3) is 0.333. The van der Waals surface area contributed by atoms with Gasteiger partial charge in [0.05, 0.1) is 14.2 Å². The lowest BCUT2D eigenvalue weighted by Crippen LogP contribution is -2.34. The van der Waals surface area contributed by atoms with Gasteiger partial charge in [-0.3, -0.25) is 9.80 Å². The van der Waals surface area contributed by atoms with E-state index in [1.165, 1.54) is 33.4 Å². The molecule has 7 heteroatoms. The summed E-state index contributed by atoms with van der Waals surface area (Å²) in [5.74, 6) is 5.91.